The lowest BCUT2D eigenvalue weighted by molar-refractivity contribution is -0.130. The number of hydrogen-bond donors (Lipinski definition) is 0. The van der Waals surface area contributed by atoms with Crippen LogP contribution in [-0.4, -0.2) is 29.7 Å². The molecule has 0 aliphatic heterocycles. The van der Waals surface area contributed by atoms with E-state index in [-0.39, 0.29) is 11.7 Å². The van der Waals surface area contributed by atoms with Gasteiger partial charge in [0, 0.05) is 31.5 Å². The third-order valence-corrected chi connectivity index (χ3v) is 2.78. The van der Waals surface area contributed by atoms with Gasteiger partial charge in [0.1, 0.15) is 0 Å². The van der Waals surface area contributed by atoms with Crippen molar-refractivity contribution in [1.82, 2.24) is 4.90 Å². The monoisotopic (exact) mass is 233 g/mol. The van der Waals surface area contributed by atoms with Crippen LogP contribution in [0, 0.1) is 0 Å². The second kappa shape index (κ2) is 6.84. The van der Waals surface area contributed by atoms with Gasteiger partial charge in [-0.3, -0.25) is 9.59 Å². The summed E-state index contributed by atoms with van der Waals surface area (Å²) < 4.78 is 0. The second-order valence-corrected chi connectivity index (χ2v) is 3.86. The summed E-state index contributed by atoms with van der Waals surface area (Å²) in [5, 5.41) is 0. The van der Waals surface area contributed by atoms with Gasteiger partial charge in [-0.05, 0) is 13.8 Å². The number of ketones is 1. The van der Waals surface area contributed by atoms with Gasteiger partial charge in [0.15, 0.2) is 5.78 Å². The fourth-order valence-corrected chi connectivity index (χ4v) is 1.72. The van der Waals surface area contributed by atoms with Crippen LogP contribution < -0.4 is 0 Å². The van der Waals surface area contributed by atoms with Gasteiger partial charge in [-0.25, -0.2) is 0 Å². The van der Waals surface area contributed by atoms with Crippen molar-refractivity contribution < 1.29 is 9.59 Å². The summed E-state index contributed by atoms with van der Waals surface area (Å²) in [6.45, 7) is 5.30. The Morgan fingerprint density at radius 2 is 1.59 bits per heavy atom. The molecule has 0 N–H and O–H groups in total. The van der Waals surface area contributed by atoms with Crippen LogP contribution in [0.25, 0.3) is 0 Å². The minimum atomic E-state index is 0.0334. The molecule has 0 saturated heterocycles. The molecule has 0 saturated carbocycles. The molecule has 0 atom stereocenters. The summed E-state index contributed by atoms with van der Waals surface area (Å²) in [5.41, 5.74) is 0.680. The van der Waals surface area contributed by atoms with Gasteiger partial charge in [0.2, 0.25) is 5.91 Å². The Labute approximate surface area is 102 Å². The molecule has 0 fully saturated rings. The highest BCUT2D eigenvalue weighted by molar-refractivity contribution is 5.97. The Hall–Kier alpha value is -1.64. The van der Waals surface area contributed by atoms with Gasteiger partial charge in [-0.15, -0.1) is 0 Å². The van der Waals surface area contributed by atoms with E-state index >= 15 is 0 Å². The standard InChI is InChI=1S/C14H19NO2/c1-3-15(4-2)14(17)11-10-13(16)12-8-6-5-7-9-12/h5-9H,3-4,10-11H2,1-2H3. The quantitative estimate of drug-likeness (QED) is 0.708. The molecule has 0 aromatic heterocycles. The molecule has 92 valence electrons. The first-order valence-corrected chi connectivity index (χ1v) is 6.05. The molecular formula is C14H19NO2. The van der Waals surface area contributed by atoms with Crippen LogP contribution in [0.15, 0.2) is 30.3 Å². The van der Waals surface area contributed by atoms with Crippen molar-refractivity contribution >= 4 is 11.7 Å². The van der Waals surface area contributed by atoms with Gasteiger partial charge in [-0.2, -0.15) is 0 Å². The van der Waals surface area contributed by atoms with E-state index in [2.05, 4.69) is 0 Å². The van der Waals surface area contributed by atoms with Gasteiger partial charge in [0.05, 0.1) is 0 Å². The molecule has 17 heavy (non-hydrogen) atoms. The molecule has 0 aliphatic carbocycles. The van der Waals surface area contributed by atoms with Crippen LogP contribution in [0.1, 0.15) is 37.0 Å². The SMILES string of the molecule is CCN(CC)C(=O)CCC(=O)c1ccccc1. The summed E-state index contributed by atoms with van der Waals surface area (Å²) >= 11 is 0. The van der Waals surface area contributed by atoms with E-state index in [9.17, 15) is 9.59 Å². The Morgan fingerprint density at radius 3 is 2.12 bits per heavy atom. The van der Waals surface area contributed by atoms with Crippen LogP contribution in [0.5, 0.6) is 0 Å². The average molecular weight is 233 g/mol. The number of hydrogen-bond acceptors (Lipinski definition) is 2. The van der Waals surface area contributed by atoms with Gasteiger partial charge >= 0.3 is 0 Å². The topological polar surface area (TPSA) is 37.4 Å². The minimum Gasteiger partial charge on any atom is -0.343 e. The molecule has 3 heteroatoms. The zero-order valence-electron chi connectivity index (χ0n) is 10.5. The van der Waals surface area contributed by atoms with Crippen LogP contribution in [-0.2, 0) is 4.79 Å². The van der Waals surface area contributed by atoms with E-state index in [1.54, 1.807) is 17.0 Å². The Kier molecular flexibility index (Phi) is 5.40. The zero-order valence-corrected chi connectivity index (χ0v) is 10.5. The largest absolute Gasteiger partial charge is 0.343 e. The number of nitrogens with zero attached hydrogens (tertiary/aromatic N) is 1. The van der Waals surface area contributed by atoms with Gasteiger partial charge < -0.3 is 4.90 Å². The molecule has 1 aromatic rings. The summed E-state index contributed by atoms with van der Waals surface area (Å²) in [6.07, 6.45) is 0.592. The van der Waals surface area contributed by atoms with Crippen LogP contribution >= 0.6 is 0 Å². The summed E-state index contributed by atoms with van der Waals surface area (Å²) in [4.78, 5) is 25.2. The van der Waals surface area contributed by atoms with E-state index in [0.717, 1.165) is 0 Å². The van der Waals surface area contributed by atoms with Gasteiger partial charge in [-0.1, -0.05) is 30.3 Å². The van der Waals surface area contributed by atoms with Crippen molar-refractivity contribution in [3.8, 4) is 0 Å². The predicted octanol–water partition coefficient (Wildman–Crippen LogP) is 2.52. The molecule has 0 unspecified atom stereocenters. The van der Waals surface area contributed by atoms with Crippen LogP contribution in [0.3, 0.4) is 0 Å². The molecule has 0 spiro atoms. The second-order valence-electron chi connectivity index (χ2n) is 3.86. The maximum atomic E-state index is 11.8. The maximum absolute atomic E-state index is 11.8. The van der Waals surface area contributed by atoms with Crippen molar-refractivity contribution in [2.45, 2.75) is 26.7 Å². The van der Waals surface area contributed by atoms with E-state index < -0.39 is 0 Å². The van der Waals surface area contributed by atoms with Crippen molar-refractivity contribution in [3.05, 3.63) is 35.9 Å². The molecule has 0 radical (unpaired) electrons. The maximum Gasteiger partial charge on any atom is 0.223 e. The third kappa shape index (κ3) is 4.02. The normalized spacial score (nSPS) is 10.0. The molecular weight excluding hydrogens is 214 g/mol. The lowest BCUT2D eigenvalue weighted by Gasteiger charge is -2.18. The lowest BCUT2D eigenvalue weighted by atomic mass is 10.1. The van der Waals surface area contributed by atoms with E-state index in [0.29, 0.717) is 31.5 Å². The molecule has 0 heterocycles. The zero-order chi connectivity index (χ0) is 12.7. The molecule has 3 nitrogen and oxygen atoms in total. The summed E-state index contributed by atoms with van der Waals surface area (Å²) in [6, 6.07) is 9.10. The number of Topliss-reactive ketones (excluding diaryl/α,β-unsaturated/α-hetero) is 1. The molecule has 0 bridgehead atoms. The van der Waals surface area contributed by atoms with E-state index in [1.807, 2.05) is 32.0 Å². The van der Waals surface area contributed by atoms with E-state index in [1.165, 1.54) is 0 Å². The number of rotatable bonds is 6. The fraction of sp³-hybridized carbons (Fsp3) is 0.429. The third-order valence-electron chi connectivity index (χ3n) is 2.78. The molecule has 1 rings (SSSR count). The highest BCUT2D eigenvalue weighted by Crippen LogP contribution is 2.06. The van der Waals surface area contributed by atoms with E-state index in [4.69, 9.17) is 0 Å². The lowest BCUT2D eigenvalue weighted by Crippen LogP contribution is -2.30. The first-order valence-electron chi connectivity index (χ1n) is 6.05. The van der Waals surface area contributed by atoms with Gasteiger partial charge in [0.25, 0.3) is 0 Å². The number of carbonyl (C=O) groups excluding carboxylic acids is 2. The minimum absolute atomic E-state index is 0.0334. The van der Waals surface area contributed by atoms with Crippen molar-refractivity contribution in [3.63, 3.8) is 0 Å². The van der Waals surface area contributed by atoms with Crippen LogP contribution in [0.4, 0.5) is 0 Å². The predicted molar refractivity (Wildman–Crippen MR) is 67.9 cm³/mol. The Balaban J connectivity index is 2.46. The fourth-order valence-electron chi connectivity index (χ4n) is 1.72. The first-order chi connectivity index (χ1) is 8.19. The number of benzene rings is 1. The molecule has 1 amide bonds. The Bertz CT molecular complexity index is 369. The highest BCUT2D eigenvalue weighted by atomic mass is 16.2. The van der Waals surface area contributed by atoms with Crippen molar-refractivity contribution in [2.24, 2.45) is 0 Å². The average Bonchev–Trinajstić information content (AvgIpc) is 2.38. The Morgan fingerprint density at radius 1 is 1.00 bits per heavy atom. The molecule has 0 aliphatic rings. The molecule has 1 aromatic carbocycles. The van der Waals surface area contributed by atoms with Crippen LogP contribution in [0.2, 0.25) is 0 Å². The van der Waals surface area contributed by atoms with Crippen molar-refractivity contribution in [1.29, 1.82) is 0 Å². The first kappa shape index (κ1) is 13.4. The summed E-state index contributed by atoms with van der Waals surface area (Å²) in [7, 11) is 0. The van der Waals surface area contributed by atoms with Crippen molar-refractivity contribution in [2.75, 3.05) is 13.1 Å². The smallest absolute Gasteiger partial charge is 0.223 e. The number of amides is 1. The highest BCUT2D eigenvalue weighted by Gasteiger charge is 2.12. The summed E-state index contributed by atoms with van der Waals surface area (Å²) in [5.74, 6) is 0.0883. The number of carbonyl (C=O) groups is 2.